The van der Waals surface area contributed by atoms with E-state index in [0.717, 1.165) is 6.08 Å². The molecular formula is C10H7Cl3O2. The Balaban J connectivity index is 3.00. The summed E-state index contributed by atoms with van der Waals surface area (Å²) in [6, 6.07) is 6.56. The highest BCUT2D eigenvalue weighted by Gasteiger charge is 2.32. The summed E-state index contributed by atoms with van der Waals surface area (Å²) in [5.41, 5.74) is 0.310. The number of benzene rings is 1. The first-order valence-electron chi connectivity index (χ1n) is 3.95. The topological polar surface area (TPSA) is 26.3 Å². The molecule has 1 aromatic carbocycles. The molecule has 0 heterocycles. The molecule has 0 aromatic heterocycles. The highest BCUT2D eigenvalue weighted by atomic mass is 35.5. The molecule has 0 radical (unpaired) electrons. The molecule has 5 heteroatoms. The van der Waals surface area contributed by atoms with Gasteiger partial charge in [0.1, 0.15) is 0 Å². The molecule has 0 aliphatic carbocycles. The van der Waals surface area contributed by atoms with E-state index in [0.29, 0.717) is 10.6 Å². The van der Waals surface area contributed by atoms with Crippen molar-refractivity contribution in [3.63, 3.8) is 0 Å². The van der Waals surface area contributed by atoms with Gasteiger partial charge in [-0.05, 0) is 6.07 Å². The van der Waals surface area contributed by atoms with Gasteiger partial charge in [0.15, 0.2) is 0 Å². The minimum atomic E-state index is -1.80. The normalized spacial score (nSPS) is 10.9. The molecule has 0 spiro atoms. The standard InChI is InChI=1S/C10H7Cl3O2/c1-2-9(14)15-10(12,13)7-5-3-4-6-8(7)11/h2-6H,1H2. The Hall–Kier alpha value is -0.700. The Morgan fingerprint density at radius 2 is 2.00 bits per heavy atom. The monoisotopic (exact) mass is 264 g/mol. The zero-order valence-corrected chi connectivity index (χ0v) is 9.81. The lowest BCUT2D eigenvalue weighted by atomic mass is 10.2. The zero-order valence-electron chi connectivity index (χ0n) is 7.54. The second-order valence-corrected chi connectivity index (χ2v) is 4.29. The fraction of sp³-hybridized carbons (Fsp3) is 0.100. The molecule has 0 bridgehead atoms. The molecule has 1 rings (SSSR count). The van der Waals surface area contributed by atoms with Crippen LogP contribution < -0.4 is 0 Å². The Bertz CT molecular complexity index is 388. The molecule has 0 fully saturated rings. The van der Waals surface area contributed by atoms with Crippen LogP contribution in [-0.4, -0.2) is 5.97 Å². The molecule has 0 saturated carbocycles. The smallest absolute Gasteiger partial charge is 0.333 e. The fourth-order valence-corrected chi connectivity index (χ4v) is 1.77. The lowest BCUT2D eigenvalue weighted by Crippen LogP contribution is -2.19. The molecule has 0 amide bonds. The average molecular weight is 266 g/mol. The van der Waals surface area contributed by atoms with Crippen LogP contribution in [0.15, 0.2) is 36.9 Å². The van der Waals surface area contributed by atoms with Crippen molar-refractivity contribution in [1.82, 2.24) is 0 Å². The van der Waals surface area contributed by atoms with Crippen molar-refractivity contribution in [1.29, 1.82) is 0 Å². The largest absolute Gasteiger partial charge is 0.421 e. The number of carbonyl (C=O) groups excluding carboxylic acids is 1. The molecule has 0 saturated heterocycles. The molecule has 0 N–H and O–H groups in total. The SMILES string of the molecule is C=CC(=O)OC(Cl)(Cl)c1ccccc1Cl. The third-order valence-electron chi connectivity index (χ3n) is 1.58. The first-order chi connectivity index (χ1) is 6.97. The maximum absolute atomic E-state index is 11.0. The van der Waals surface area contributed by atoms with Crippen LogP contribution in [0.25, 0.3) is 0 Å². The summed E-state index contributed by atoms with van der Waals surface area (Å²) >= 11 is 17.5. The Morgan fingerprint density at radius 1 is 1.40 bits per heavy atom. The van der Waals surface area contributed by atoms with Gasteiger partial charge in [-0.15, -0.1) is 0 Å². The van der Waals surface area contributed by atoms with Gasteiger partial charge in [0, 0.05) is 11.6 Å². The van der Waals surface area contributed by atoms with E-state index in [-0.39, 0.29) is 0 Å². The summed E-state index contributed by atoms with van der Waals surface area (Å²) in [7, 11) is 0. The molecule has 15 heavy (non-hydrogen) atoms. The summed E-state index contributed by atoms with van der Waals surface area (Å²) in [5, 5.41) is 0.319. The molecule has 0 unspecified atom stereocenters. The molecule has 2 nitrogen and oxygen atoms in total. The Morgan fingerprint density at radius 3 is 2.53 bits per heavy atom. The van der Waals surface area contributed by atoms with Crippen LogP contribution in [0.5, 0.6) is 0 Å². The second-order valence-electron chi connectivity index (χ2n) is 2.62. The number of rotatable bonds is 3. The van der Waals surface area contributed by atoms with Crippen LogP contribution in [0.4, 0.5) is 0 Å². The van der Waals surface area contributed by atoms with E-state index in [1.165, 1.54) is 0 Å². The Kier molecular flexibility index (Phi) is 4.03. The van der Waals surface area contributed by atoms with E-state index >= 15 is 0 Å². The van der Waals surface area contributed by atoms with Crippen molar-refractivity contribution in [2.45, 2.75) is 4.52 Å². The first kappa shape index (κ1) is 12.4. The highest BCUT2D eigenvalue weighted by molar-refractivity contribution is 6.48. The lowest BCUT2D eigenvalue weighted by Gasteiger charge is -2.20. The quantitative estimate of drug-likeness (QED) is 0.474. The van der Waals surface area contributed by atoms with Gasteiger partial charge in [0.25, 0.3) is 4.52 Å². The highest BCUT2D eigenvalue weighted by Crippen LogP contribution is 2.39. The van der Waals surface area contributed by atoms with E-state index < -0.39 is 10.5 Å². The number of ether oxygens (including phenoxy) is 1. The maximum Gasteiger partial charge on any atom is 0.333 e. The zero-order chi connectivity index (χ0) is 11.5. The van der Waals surface area contributed by atoms with Crippen LogP contribution in [0, 0.1) is 0 Å². The predicted octanol–water partition coefficient (Wildman–Crippen LogP) is 3.66. The van der Waals surface area contributed by atoms with Crippen molar-refractivity contribution in [2.75, 3.05) is 0 Å². The first-order valence-corrected chi connectivity index (χ1v) is 5.09. The number of alkyl halides is 2. The number of hydrogen-bond acceptors (Lipinski definition) is 2. The van der Waals surface area contributed by atoms with E-state index in [4.69, 9.17) is 39.5 Å². The van der Waals surface area contributed by atoms with Crippen LogP contribution in [0.3, 0.4) is 0 Å². The third kappa shape index (κ3) is 3.13. The molecule has 1 aromatic rings. The van der Waals surface area contributed by atoms with Gasteiger partial charge < -0.3 is 4.74 Å². The van der Waals surface area contributed by atoms with Crippen LogP contribution in [0.2, 0.25) is 5.02 Å². The summed E-state index contributed by atoms with van der Waals surface area (Å²) in [6.45, 7) is 3.24. The fourth-order valence-electron chi connectivity index (χ4n) is 0.920. The minimum Gasteiger partial charge on any atom is -0.421 e. The summed E-state index contributed by atoms with van der Waals surface area (Å²) in [6.07, 6.45) is 0.969. The van der Waals surface area contributed by atoms with Gasteiger partial charge in [-0.1, -0.05) is 59.6 Å². The van der Waals surface area contributed by atoms with E-state index in [2.05, 4.69) is 6.58 Å². The van der Waals surface area contributed by atoms with Crippen LogP contribution in [-0.2, 0) is 14.1 Å². The van der Waals surface area contributed by atoms with Crippen LogP contribution >= 0.6 is 34.8 Å². The number of hydrogen-bond donors (Lipinski definition) is 0. The van der Waals surface area contributed by atoms with E-state index in [1.807, 2.05) is 0 Å². The predicted molar refractivity (Wildman–Crippen MR) is 61.1 cm³/mol. The van der Waals surface area contributed by atoms with Gasteiger partial charge in [-0.2, -0.15) is 0 Å². The molecule has 0 aliphatic heterocycles. The van der Waals surface area contributed by atoms with E-state index in [9.17, 15) is 4.79 Å². The van der Waals surface area contributed by atoms with Crippen molar-refractivity contribution >= 4 is 40.8 Å². The number of carbonyl (C=O) groups is 1. The summed E-state index contributed by atoms with van der Waals surface area (Å²) in [5.74, 6) is -0.722. The summed E-state index contributed by atoms with van der Waals surface area (Å²) < 4.78 is 2.94. The van der Waals surface area contributed by atoms with Crippen molar-refractivity contribution in [3.05, 3.63) is 47.5 Å². The van der Waals surface area contributed by atoms with Gasteiger partial charge in [-0.25, -0.2) is 4.79 Å². The van der Waals surface area contributed by atoms with Crippen molar-refractivity contribution < 1.29 is 9.53 Å². The van der Waals surface area contributed by atoms with Gasteiger partial charge in [0.2, 0.25) is 0 Å². The van der Waals surface area contributed by atoms with Crippen molar-refractivity contribution in [2.24, 2.45) is 0 Å². The maximum atomic E-state index is 11.0. The molecular weight excluding hydrogens is 258 g/mol. The van der Waals surface area contributed by atoms with Gasteiger partial charge in [0.05, 0.1) is 5.02 Å². The second kappa shape index (κ2) is 4.88. The number of halogens is 3. The third-order valence-corrected chi connectivity index (χ3v) is 2.47. The molecule has 0 atom stereocenters. The van der Waals surface area contributed by atoms with Gasteiger partial charge >= 0.3 is 5.97 Å². The number of esters is 1. The van der Waals surface area contributed by atoms with Gasteiger partial charge in [-0.3, -0.25) is 0 Å². The molecule has 0 aliphatic rings. The summed E-state index contributed by atoms with van der Waals surface area (Å²) in [4.78, 5) is 11.0. The average Bonchev–Trinajstić information content (AvgIpc) is 2.17. The van der Waals surface area contributed by atoms with Crippen LogP contribution in [0.1, 0.15) is 5.56 Å². The van der Waals surface area contributed by atoms with E-state index in [1.54, 1.807) is 24.3 Å². The van der Waals surface area contributed by atoms with Crippen molar-refractivity contribution in [3.8, 4) is 0 Å². The minimum absolute atomic E-state index is 0.310. The molecule has 80 valence electrons. The lowest BCUT2D eigenvalue weighted by molar-refractivity contribution is -0.141. The Labute approximate surface area is 102 Å².